The van der Waals surface area contributed by atoms with Gasteiger partial charge in [-0.15, -0.1) is 11.3 Å². The number of nitrogens with zero attached hydrogens (tertiary/aromatic N) is 4. The number of rotatable bonds is 6. The Morgan fingerprint density at radius 3 is 2.92 bits per heavy atom. The molecule has 4 heterocycles. The molecular weight excluding hydrogens is 354 g/mol. The van der Waals surface area contributed by atoms with Gasteiger partial charge in [0, 0.05) is 24.4 Å². The molecule has 0 radical (unpaired) electrons. The Kier molecular flexibility index (Phi) is 4.52. The molecule has 8 nitrogen and oxygen atoms in total. The van der Waals surface area contributed by atoms with Gasteiger partial charge in [-0.3, -0.25) is 9.78 Å². The molecule has 0 aliphatic heterocycles. The normalized spacial score (nSPS) is 10.8. The highest BCUT2D eigenvalue weighted by molar-refractivity contribution is 7.14. The third-order valence-electron chi connectivity index (χ3n) is 3.45. The van der Waals surface area contributed by atoms with Gasteiger partial charge in [0.1, 0.15) is 11.4 Å². The number of aromatic nitrogens is 4. The lowest BCUT2D eigenvalue weighted by Gasteiger charge is -1.99. The Hall–Kier alpha value is -3.33. The second-order valence-corrected chi connectivity index (χ2v) is 6.15. The van der Waals surface area contributed by atoms with Gasteiger partial charge < -0.3 is 14.3 Å². The second kappa shape index (κ2) is 7.28. The maximum absolute atomic E-state index is 12.1. The van der Waals surface area contributed by atoms with Gasteiger partial charge in [0.05, 0.1) is 6.26 Å². The van der Waals surface area contributed by atoms with Crippen LogP contribution in [-0.4, -0.2) is 26.0 Å². The first-order valence-corrected chi connectivity index (χ1v) is 8.69. The van der Waals surface area contributed by atoms with Gasteiger partial charge >= 0.3 is 0 Å². The van der Waals surface area contributed by atoms with E-state index in [1.165, 1.54) is 11.3 Å². The van der Waals surface area contributed by atoms with Crippen LogP contribution in [0.2, 0.25) is 0 Å². The third kappa shape index (κ3) is 3.67. The first-order chi connectivity index (χ1) is 12.8. The molecule has 0 saturated heterocycles. The Labute approximate surface area is 151 Å². The maximum Gasteiger partial charge on any atom is 0.227 e. The molecule has 0 fully saturated rings. The van der Waals surface area contributed by atoms with E-state index in [4.69, 9.17) is 8.94 Å². The predicted molar refractivity (Wildman–Crippen MR) is 94.3 cm³/mol. The molecule has 1 amide bonds. The fourth-order valence-corrected chi connectivity index (χ4v) is 2.94. The fourth-order valence-electron chi connectivity index (χ4n) is 2.23. The monoisotopic (exact) mass is 367 g/mol. The van der Waals surface area contributed by atoms with E-state index in [0.717, 1.165) is 0 Å². The molecule has 0 aliphatic rings. The predicted octanol–water partition coefficient (Wildman–Crippen LogP) is 3.42. The Bertz CT molecular complexity index is 995. The summed E-state index contributed by atoms with van der Waals surface area (Å²) < 4.78 is 10.4. The average molecular weight is 367 g/mol. The topological polar surface area (TPSA) is 107 Å². The standard InChI is InChI=1S/C17H13N5O3S/c23-14(20-17-19-12(10-26-17)13-5-3-9-24-13)6-7-15-21-16(22-25-15)11-4-1-2-8-18-11/h1-5,8-10H,6-7H2,(H,19,20,23). The first-order valence-electron chi connectivity index (χ1n) is 7.81. The van der Waals surface area contributed by atoms with Crippen LogP contribution < -0.4 is 5.32 Å². The molecule has 0 unspecified atom stereocenters. The van der Waals surface area contributed by atoms with E-state index in [-0.39, 0.29) is 12.3 Å². The number of aryl methyl sites for hydroxylation is 1. The van der Waals surface area contributed by atoms with Gasteiger partial charge in [0.2, 0.25) is 17.6 Å². The highest BCUT2D eigenvalue weighted by atomic mass is 32.1. The van der Waals surface area contributed by atoms with Crippen LogP contribution in [0.25, 0.3) is 23.0 Å². The molecule has 0 atom stereocenters. The lowest BCUT2D eigenvalue weighted by atomic mass is 10.3. The summed E-state index contributed by atoms with van der Waals surface area (Å²) in [5, 5.41) is 8.98. The van der Waals surface area contributed by atoms with Crippen LogP contribution in [0.3, 0.4) is 0 Å². The lowest BCUT2D eigenvalue weighted by molar-refractivity contribution is -0.116. The summed E-state index contributed by atoms with van der Waals surface area (Å²) in [6.07, 6.45) is 3.78. The molecule has 4 rings (SSSR count). The van der Waals surface area contributed by atoms with Crippen molar-refractivity contribution in [2.24, 2.45) is 0 Å². The van der Waals surface area contributed by atoms with Gasteiger partial charge in [-0.1, -0.05) is 11.2 Å². The molecule has 4 aromatic heterocycles. The number of carbonyl (C=O) groups excluding carboxylic acids is 1. The highest BCUT2D eigenvalue weighted by Gasteiger charge is 2.13. The minimum absolute atomic E-state index is 0.178. The van der Waals surface area contributed by atoms with Crippen molar-refractivity contribution in [3.63, 3.8) is 0 Å². The van der Waals surface area contributed by atoms with E-state index in [1.54, 1.807) is 24.6 Å². The number of pyridine rings is 1. The van der Waals surface area contributed by atoms with Crippen molar-refractivity contribution in [3.05, 3.63) is 54.1 Å². The number of amides is 1. The molecule has 1 N–H and O–H groups in total. The summed E-state index contributed by atoms with van der Waals surface area (Å²) in [5.74, 6) is 1.28. The molecule has 0 aliphatic carbocycles. The summed E-state index contributed by atoms with van der Waals surface area (Å²) in [5.41, 5.74) is 1.31. The SMILES string of the molecule is O=C(CCc1nc(-c2ccccn2)no1)Nc1nc(-c2ccco2)cs1. The summed E-state index contributed by atoms with van der Waals surface area (Å²) in [4.78, 5) is 24.8. The van der Waals surface area contributed by atoms with E-state index in [0.29, 0.717) is 40.4 Å². The minimum atomic E-state index is -0.178. The largest absolute Gasteiger partial charge is 0.463 e. The molecular formula is C17H13N5O3S. The summed E-state index contributed by atoms with van der Waals surface area (Å²) in [6, 6.07) is 9.05. The van der Waals surface area contributed by atoms with Crippen molar-refractivity contribution in [2.45, 2.75) is 12.8 Å². The highest BCUT2D eigenvalue weighted by Crippen LogP contribution is 2.25. The summed E-state index contributed by atoms with van der Waals surface area (Å²) in [6.45, 7) is 0. The van der Waals surface area contributed by atoms with Crippen LogP contribution in [-0.2, 0) is 11.2 Å². The van der Waals surface area contributed by atoms with Crippen LogP contribution in [0.1, 0.15) is 12.3 Å². The summed E-state index contributed by atoms with van der Waals surface area (Å²) >= 11 is 1.34. The quantitative estimate of drug-likeness (QED) is 0.556. The fraction of sp³-hybridized carbons (Fsp3) is 0.118. The van der Waals surface area contributed by atoms with Gasteiger partial charge in [0.25, 0.3) is 0 Å². The first kappa shape index (κ1) is 16.2. The molecule has 0 bridgehead atoms. The van der Waals surface area contributed by atoms with Crippen LogP contribution in [0.5, 0.6) is 0 Å². The third-order valence-corrected chi connectivity index (χ3v) is 4.21. The van der Waals surface area contributed by atoms with Crippen molar-refractivity contribution in [2.75, 3.05) is 5.32 Å². The van der Waals surface area contributed by atoms with Gasteiger partial charge in [-0.2, -0.15) is 4.98 Å². The van der Waals surface area contributed by atoms with E-state index >= 15 is 0 Å². The smallest absolute Gasteiger partial charge is 0.227 e. The molecule has 0 saturated carbocycles. The van der Waals surface area contributed by atoms with Crippen LogP contribution in [0.4, 0.5) is 5.13 Å². The van der Waals surface area contributed by atoms with E-state index in [9.17, 15) is 4.79 Å². The average Bonchev–Trinajstić information content (AvgIpc) is 3.41. The van der Waals surface area contributed by atoms with E-state index < -0.39 is 0 Å². The van der Waals surface area contributed by atoms with Gasteiger partial charge in [-0.05, 0) is 24.3 Å². The van der Waals surface area contributed by atoms with Gasteiger partial charge in [0.15, 0.2) is 10.9 Å². The Balaban J connectivity index is 1.32. The number of hydrogen-bond donors (Lipinski definition) is 1. The Morgan fingerprint density at radius 1 is 1.15 bits per heavy atom. The van der Waals surface area contributed by atoms with Crippen molar-refractivity contribution in [1.82, 2.24) is 20.1 Å². The van der Waals surface area contributed by atoms with E-state index in [2.05, 4.69) is 25.4 Å². The molecule has 9 heteroatoms. The number of thiazole rings is 1. The number of carbonyl (C=O) groups is 1. The van der Waals surface area contributed by atoms with Crippen molar-refractivity contribution in [3.8, 4) is 23.0 Å². The van der Waals surface area contributed by atoms with Crippen LogP contribution in [0.15, 0.2) is 57.1 Å². The minimum Gasteiger partial charge on any atom is -0.463 e. The van der Waals surface area contributed by atoms with E-state index in [1.807, 2.05) is 23.6 Å². The van der Waals surface area contributed by atoms with Crippen LogP contribution in [0, 0.1) is 0 Å². The molecule has 0 spiro atoms. The van der Waals surface area contributed by atoms with Crippen molar-refractivity contribution in [1.29, 1.82) is 0 Å². The lowest BCUT2D eigenvalue weighted by Crippen LogP contribution is -2.12. The number of hydrogen-bond acceptors (Lipinski definition) is 8. The second-order valence-electron chi connectivity index (χ2n) is 5.29. The van der Waals surface area contributed by atoms with Gasteiger partial charge in [-0.25, -0.2) is 4.98 Å². The zero-order valence-electron chi connectivity index (χ0n) is 13.5. The number of nitrogens with one attached hydrogen (secondary N) is 1. The Morgan fingerprint density at radius 2 is 2.12 bits per heavy atom. The molecule has 0 aromatic carbocycles. The molecule has 130 valence electrons. The molecule has 4 aromatic rings. The van der Waals surface area contributed by atoms with Crippen LogP contribution >= 0.6 is 11.3 Å². The maximum atomic E-state index is 12.1. The van der Waals surface area contributed by atoms with Crippen molar-refractivity contribution < 1.29 is 13.7 Å². The number of furan rings is 1. The zero-order valence-corrected chi connectivity index (χ0v) is 14.3. The zero-order chi connectivity index (χ0) is 17.8. The number of anilines is 1. The van der Waals surface area contributed by atoms with Crippen molar-refractivity contribution >= 4 is 22.4 Å². The summed E-state index contributed by atoms with van der Waals surface area (Å²) in [7, 11) is 0. The molecule has 26 heavy (non-hydrogen) atoms.